The zero-order chi connectivity index (χ0) is 10.1. The first kappa shape index (κ1) is 9.64. The predicted octanol–water partition coefficient (Wildman–Crippen LogP) is 2.15. The smallest absolute Gasteiger partial charge is 0.120 e. The number of methoxy groups -OCH3 is 1. The van der Waals surface area contributed by atoms with Crippen molar-refractivity contribution in [1.29, 1.82) is 0 Å². The fourth-order valence-electron chi connectivity index (χ4n) is 1.20. The summed E-state index contributed by atoms with van der Waals surface area (Å²) in [5.41, 5.74) is 0. The highest BCUT2D eigenvalue weighted by Gasteiger charge is 2.02. The standard InChI is InChI=1S/C9H8O3S2/c1-12-7-3-2-6-4-9(14(10)11)13-8(6)5-7/h2-5H,1H3,(H,10,11)/p-1. The highest BCUT2D eigenvalue weighted by molar-refractivity contribution is 7.82. The third kappa shape index (κ3) is 1.66. The molecule has 0 fully saturated rings. The Morgan fingerprint density at radius 3 is 2.86 bits per heavy atom. The van der Waals surface area contributed by atoms with Crippen molar-refractivity contribution in [2.75, 3.05) is 7.11 Å². The normalized spacial score (nSPS) is 13.0. The Morgan fingerprint density at radius 2 is 2.21 bits per heavy atom. The van der Waals surface area contributed by atoms with E-state index in [1.807, 2.05) is 18.2 Å². The monoisotopic (exact) mass is 227 g/mol. The molecule has 1 aromatic carbocycles. The Kier molecular flexibility index (Phi) is 2.54. The molecule has 0 N–H and O–H groups in total. The summed E-state index contributed by atoms with van der Waals surface area (Å²) in [5, 5.41) is 0.926. The van der Waals surface area contributed by atoms with Gasteiger partial charge >= 0.3 is 0 Å². The zero-order valence-corrected chi connectivity index (χ0v) is 8.98. The number of benzene rings is 1. The summed E-state index contributed by atoms with van der Waals surface area (Å²) in [4.78, 5) is 0. The van der Waals surface area contributed by atoms with Crippen LogP contribution in [0.3, 0.4) is 0 Å². The van der Waals surface area contributed by atoms with Gasteiger partial charge in [-0.05, 0) is 40.7 Å². The van der Waals surface area contributed by atoms with Gasteiger partial charge in [0, 0.05) is 4.70 Å². The van der Waals surface area contributed by atoms with E-state index in [1.54, 1.807) is 13.2 Å². The molecule has 0 aliphatic carbocycles. The lowest BCUT2D eigenvalue weighted by atomic mass is 10.2. The van der Waals surface area contributed by atoms with Crippen LogP contribution in [0.1, 0.15) is 0 Å². The van der Waals surface area contributed by atoms with Crippen molar-refractivity contribution in [2.24, 2.45) is 0 Å². The third-order valence-electron chi connectivity index (χ3n) is 1.87. The van der Waals surface area contributed by atoms with Gasteiger partial charge < -0.3 is 9.29 Å². The van der Waals surface area contributed by atoms with Crippen LogP contribution in [0.2, 0.25) is 0 Å². The van der Waals surface area contributed by atoms with Gasteiger partial charge in [0.05, 0.1) is 11.3 Å². The molecule has 0 bridgehead atoms. The van der Waals surface area contributed by atoms with Gasteiger partial charge in [-0.1, -0.05) is 0 Å². The Morgan fingerprint density at radius 1 is 1.43 bits per heavy atom. The topological polar surface area (TPSA) is 49.4 Å². The summed E-state index contributed by atoms with van der Waals surface area (Å²) in [6, 6.07) is 7.15. The van der Waals surface area contributed by atoms with Crippen LogP contribution in [-0.2, 0) is 11.1 Å². The molecule has 1 heterocycles. The number of ether oxygens (including phenoxy) is 1. The molecule has 1 unspecified atom stereocenters. The van der Waals surface area contributed by atoms with Crippen LogP contribution in [0.4, 0.5) is 0 Å². The summed E-state index contributed by atoms with van der Waals surface area (Å²) in [6.07, 6.45) is 0. The molecule has 0 saturated heterocycles. The lowest BCUT2D eigenvalue weighted by Crippen LogP contribution is -1.80. The quantitative estimate of drug-likeness (QED) is 0.738. The Balaban J connectivity index is 2.60. The van der Waals surface area contributed by atoms with Crippen molar-refractivity contribution in [3.8, 4) is 5.75 Å². The molecule has 3 nitrogen and oxygen atoms in total. The summed E-state index contributed by atoms with van der Waals surface area (Å²) in [7, 11) is 1.58. The van der Waals surface area contributed by atoms with Crippen LogP contribution in [0.5, 0.6) is 5.75 Å². The van der Waals surface area contributed by atoms with Crippen molar-refractivity contribution >= 4 is 32.5 Å². The molecule has 0 saturated carbocycles. The molecule has 0 aliphatic heterocycles. The molecular formula is C9H7O3S2-. The van der Waals surface area contributed by atoms with E-state index in [2.05, 4.69) is 0 Å². The van der Waals surface area contributed by atoms with Gasteiger partial charge in [0.25, 0.3) is 0 Å². The predicted molar refractivity (Wildman–Crippen MR) is 55.6 cm³/mol. The number of hydrogen-bond donors (Lipinski definition) is 0. The number of fused-ring (bicyclic) bond motifs is 1. The second-order valence-corrected chi connectivity index (χ2v) is 4.96. The Hall–Kier alpha value is -0.910. The molecule has 2 rings (SSSR count). The minimum Gasteiger partial charge on any atom is -0.768 e. The van der Waals surface area contributed by atoms with E-state index in [-0.39, 0.29) is 0 Å². The summed E-state index contributed by atoms with van der Waals surface area (Å²) < 4.78 is 27.7. The minimum atomic E-state index is -2.14. The van der Waals surface area contributed by atoms with E-state index in [0.29, 0.717) is 4.21 Å². The molecular weight excluding hydrogens is 220 g/mol. The van der Waals surface area contributed by atoms with E-state index < -0.39 is 11.1 Å². The van der Waals surface area contributed by atoms with E-state index >= 15 is 0 Å². The van der Waals surface area contributed by atoms with Crippen molar-refractivity contribution in [1.82, 2.24) is 0 Å². The fraction of sp³-hybridized carbons (Fsp3) is 0.111. The second kappa shape index (κ2) is 3.68. The van der Waals surface area contributed by atoms with Gasteiger partial charge in [0.2, 0.25) is 0 Å². The molecule has 14 heavy (non-hydrogen) atoms. The van der Waals surface area contributed by atoms with Gasteiger partial charge in [-0.25, -0.2) is 0 Å². The summed E-state index contributed by atoms with van der Waals surface area (Å²) >= 11 is -0.900. The molecule has 1 aromatic heterocycles. The largest absolute Gasteiger partial charge is 0.768 e. The second-order valence-electron chi connectivity index (χ2n) is 2.70. The van der Waals surface area contributed by atoms with Gasteiger partial charge in [0.1, 0.15) is 5.75 Å². The minimum absolute atomic E-state index is 0.355. The molecule has 0 amide bonds. The number of thiophene rings is 1. The van der Waals surface area contributed by atoms with Crippen molar-refractivity contribution in [3.63, 3.8) is 0 Å². The van der Waals surface area contributed by atoms with Gasteiger partial charge in [-0.3, -0.25) is 4.21 Å². The maximum absolute atomic E-state index is 10.7. The van der Waals surface area contributed by atoms with Crippen molar-refractivity contribution < 1.29 is 13.5 Å². The SMILES string of the molecule is COc1ccc2cc(S(=O)[O-])sc2c1. The first-order chi connectivity index (χ1) is 6.70. The number of hydrogen-bond acceptors (Lipinski definition) is 4. The lowest BCUT2D eigenvalue weighted by Gasteiger charge is -1.97. The van der Waals surface area contributed by atoms with E-state index in [1.165, 1.54) is 11.3 Å². The number of rotatable bonds is 2. The summed E-state index contributed by atoms with van der Waals surface area (Å²) in [5.74, 6) is 0.739. The molecule has 74 valence electrons. The maximum Gasteiger partial charge on any atom is 0.120 e. The summed E-state index contributed by atoms with van der Waals surface area (Å²) in [6.45, 7) is 0. The third-order valence-corrected chi connectivity index (χ3v) is 3.87. The molecule has 2 aromatic rings. The maximum atomic E-state index is 10.7. The van der Waals surface area contributed by atoms with E-state index in [9.17, 15) is 8.76 Å². The Labute approximate surface area is 87.6 Å². The highest BCUT2D eigenvalue weighted by Crippen LogP contribution is 2.30. The van der Waals surface area contributed by atoms with Crippen LogP contribution in [0.25, 0.3) is 10.1 Å². The molecule has 1 atom stereocenters. The van der Waals surface area contributed by atoms with Crippen molar-refractivity contribution in [2.45, 2.75) is 4.21 Å². The zero-order valence-electron chi connectivity index (χ0n) is 7.35. The van der Waals surface area contributed by atoms with Gasteiger partial charge in [-0.2, -0.15) is 0 Å². The van der Waals surface area contributed by atoms with Gasteiger partial charge in [0.15, 0.2) is 0 Å². The Bertz CT molecular complexity index is 490. The van der Waals surface area contributed by atoms with Crippen LogP contribution >= 0.6 is 11.3 Å². The van der Waals surface area contributed by atoms with Crippen LogP contribution in [-0.4, -0.2) is 15.9 Å². The fourth-order valence-corrected chi connectivity index (χ4v) is 2.78. The molecule has 0 spiro atoms. The highest BCUT2D eigenvalue weighted by atomic mass is 32.2. The van der Waals surface area contributed by atoms with Crippen LogP contribution in [0.15, 0.2) is 28.5 Å². The van der Waals surface area contributed by atoms with E-state index in [4.69, 9.17) is 4.74 Å². The molecule has 5 heteroatoms. The van der Waals surface area contributed by atoms with Gasteiger partial charge in [-0.15, -0.1) is 11.3 Å². The van der Waals surface area contributed by atoms with Crippen LogP contribution < -0.4 is 4.74 Å². The lowest BCUT2D eigenvalue weighted by molar-refractivity contribution is 0.415. The average Bonchev–Trinajstić information content (AvgIpc) is 2.59. The average molecular weight is 227 g/mol. The first-order valence-electron chi connectivity index (χ1n) is 3.87. The molecule has 0 radical (unpaired) electrons. The van der Waals surface area contributed by atoms with Crippen molar-refractivity contribution in [3.05, 3.63) is 24.3 Å². The molecule has 0 aliphatic rings. The first-order valence-corrected chi connectivity index (χ1v) is 5.76. The van der Waals surface area contributed by atoms with E-state index in [0.717, 1.165) is 15.8 Å². The van der Waals surface area contributed by atoms with Crippen LogP contribution in [0, 0.1) is 0 Å².